The molecule has 36 heavy (non-hydrogen) atoms. The van der Waals surface area contributed by atoms with E-state index in [0.717, 1.165) is 35.6 Å². The van der Waals surface area contributed by atoms with Crippen molar-refractivity contribution in [2.24, 2.45) is 5.92 Å². The zero-order valence-corrected chi connectivity index (χ0v) is 19.5. The highest BCUT2D eigenvalue weighted by molar-refractivity contribution is 5.66. The topological polar surface area (TPSA) is 27.7 Å². The van der Waals surface area contributed by atoms with Gasteiger partial charge in [0.2, 0.25) is 0 Å². The molecule has 0 N–H and O–H groups in total. The molecular formula is C28H25F5O3. The predicted molar refractivity (Wildman–Crippen MR) is 126 cm³/mol. The molecule has 0 unspecified atom stereocenters. The Bertz CT molecular complexity index is 1160. The van der Waals surface area contributed by atoms with Gasteiger partial charge in [-0.15, -0.1) is 0 Å². The van der Waals surface area contributed by atoms with Gasteiger partial charge in [-0.2, -0.15) is 8.78 Å². The van der Waals surface area contributed by atoms with Crippen molar-refractivity contribution in [1.29, 1.82) is 0 Å². The van der Waals surface area contributed by atoms with Crippen molar-refractivity contribution in [1.82, 2.24) is 0 Å². The second-order valence-corrected chi connectivity index (χ2v) is 8.60. The summed E-state index contributed by atoms with van der Waals surface area (Å²) in [6.07, 6.45) is -0.509. The summed E-state index contributed by atoms with van der Waals surface area (Å²) in [6.45, 7) is 3.49. The molecule has 0 aliphatic carbocycles. The van der Waals surface area contributed by atoms with Crippen LogP contribution >= 0.6 is 0 Å². The Morgan fingerprint density at radius 1 is 0.889 bits per heavy atom. The Morgan fingerprint density at radius 2 is 1.44 bits per heavy atom. The molecule has 0 saturated carbocycles. The lowest BCUT2D eigenvalue weighted by molar-refractivity contribution is -0.206. The van der Waals surface area contributed by atoms with E-state index in [1.54, 1.807) is 24.3 Å². The molecule has 3 aromatic rings. The molecule has 1 heterocycles. The fourth-order valence-electron chi connectivity index (χ4n) is 3.91. The van der Waals surface area contributed by atoms with Gasteiger partial charge in [-0.25, -0.2) is 13.2 Å². The number of alkyl halides is 2. The smallest absolute Gasteiger partial charge is 0.419 e. The highest BCUT2D eigenvalue weighted by Crippen LogP contribution is 2.30. The third-order valence-corrected chi connectivity index (χ3v) is 5.77. The van der Waals surface area contributed by atoms with Crippen molar-refractivity contribution in [2.75, 3.05) is 13.2 Å². The molecular weight excluding hydrogens is 479 g/mol. The first kappa shape index (κ1) is 25.9. The number of ether oxygens (including phenoxy) is 3. The third kappa shape index (κ3) is 6.50. The van der Waals surface area contributed by atoms with Gasteiger partial charge < -0.3 is 14.2 Å². The second-order valence-electron chi connectivity index (χ2n) is 8.60. The maximum absolute atomic E-state index is 14.1. The molecule has 190 valence electrons. The van der Waals surface area contributed by atoms with Gasteiger partial charge in [0.05, 0.1) is 13.2 Å². The summed E-state index contributed by atoms with van der Waals surface area (Å²) in [4.78, 5) is 0. The zero-order chi connectivity index (χ0) is 25.7. The number of halogens is 5. The van der Waals surface area contributed by atoms with E-state index in [9.17, 15) is 22.0 Å². The maximum Gasteiger partial charge on any atom is 0.419 e. The lowest BCUT2D eigenvalue weighted by atomic mass is 10.0. The van der Waals surface area contributed by atoms with Crippen LogP contribution in [0.5, 0.6) is 5.75 Å². The standard InChI is InChI=1S/C28H25F5O3/c1-2-3-19-16-34-27(35-17-19)22-10-8-21(9-11-22)20-6-4-18(5-7-20)12-13-28(32,33)36-23-14-24(29)26(31)25(30)15-23/h4-15,19,27H,2-3,16-17H2,1H3. The molecule has 0 aromatic heterocycles. The van der Waals surface area contributed by atoms with Crippen molar-refractivity contribution in [3.05, 3.63) is 95.3 Å². The van der Waals surface area contributed by atoms with Crippen LogP contribution in [-0.2, 0) is 9.47 Å². The van der Waals surface area contributed by atoms with Gasteiger partial charge in [0, 0.05) is 29.7 Å². The number of benzene rings is 3. The predicted octanol–water partition coefficient (Wildman–Crippen LogP) is 7.92. The van der Waals surface area contributed by atoms with Crippen molar-refractivity contribution in [2.45, 2.75) is 32.2 Å². The first-order chi connectivity index (χ1) is 17.2. The lowest BCUT2D eigenvalue weighted by Crippen LogP contribution is -2.26. The summed E-state index contributed by atoms with van der Waals surface area (Å²) in [7, 11) is 0. The molecule has 4 rings (SSSR count). The van der Waals surface area contributed by atoms with E-state index in [1.807, 2.05) is 24.3 Å². The monoisotopic (exact) mass is 504 g/mol. The fourth-order valence-corrected chi connectivity index (χ4v) is 3.91. The Hall–Kier alpha value is -3.23. The van der Waals surface area contributed by atoms with Crippen molar-refractivity contribution in [3.63, 3.8) is 0 Å². The van der Waals surface area contributed by atoms with Crippen LogP contribution in [0.4, 0.5) is 22.0 Å². The van der Waals surface area contributed by atoms with E-state index in [4.69, 9.17) is 9.47 Å². The number of rotatable bonds is 8. The Balaban J connectivity index is 1.37. The molecule has 0 atom stereocenters. The molecule has 1 fully saturated rings. The minimum atomic E-state index is -3.87. The number of hydrogen-bond acceptors (Lipinski definition) is 3. The van der Waals surface area contributed by atoms with E-state index >= 15 is 0 Å². The van der Waals surface area contributed by atoms with Crippen LogP contribution in [0, 0.1) is 23.4 Å². The van der Waals surface area contributed by atoms with Crippen molar-refractivity contribution in [3.8, 4) is 16.9 Å². The highest BCUT2D eigenvalue weighted by atomic mass is 19.3. The summed E-state index contributed by atoms with van der Waals surface area (Å²) in [5.41, 5.74) is 3.20. The van der Waals surface area contributed by atoms with E-state index in [0.29, 0.717) is 42.9 Å². The molecule has 3 aromatic carbocycles. The van der Waals surface area contributed by atoms with Crippen LogP contribution in [0.1, 0.15) is 37.2 Å². The summed E-state index contributed by atoms with van der Waals surface area (Å²) in [5, 5.41) is 0. The van der Waals surface area contributed by atoms with Crippen LogP contribution in [0.15, 0.2) is 66.7 Å². The van der Waals surface area contributed by atoms with Gasteiger partial charge >= 0.3 is 6.11 Å². The first-order valence-corrected chi connectivity index (χ1v) is 11.6. The Morgan fingerprint density at radius 3 is 2.00 bits per heavy atom. The summed E-state index contributed by atoms with van der Waals surface area (Å²) in [6, 6.07) is 15.3. The minimum absolute atomic E-state index is 0.357. The maximum atomic E-state index is 14.1. The largest absolute Gasteiger partial charge is 0.429 e. The summed E-state index contributed by atoms with van der Waals surface area (Å²) in [5.74, 6) is -5.39. The zero-order valence-electron chi connectivity index (χ0n) is 19.5. The quantitative estimate of drug-likeness (QED) is 0.230. The summed E-state index contributed by atoms with van der Waals surface area (Å²) >= 11 is 0. The highest BCUT2D eigenvalue weighted by Gasteiger charge is 2.29. The van der Waals surface area contributed by atoms with Crippen LogP contribution in [-0.4, -0.2) is 19.3 Å². The molecule has 1 aliphatic heterocycles. The van der Waals surface area contributed by atoms with Gasteiger partial charge in [-0.1, -0.05) is 61.9 Å². The molecule has 0 amide bonds. The Kier molecular flexibility index (Phi) is 8.06. The SMILES string of the molecule is CCCC1COC(c2ccc(-c3ccc(C=CC(F)(F)Oc4cc(F)c(F)c(F)c4)cc3)cc2)OC1. The molecule has 0 bridgehead atoms. The van der Waals surface area contributed by atoms with Crippen LogP contribution < -0.4 is 4.74 Å². The van der Waals surface area contributed by atoms with E-state index < -0.39 is 29.3 Å². The molecule has 1 saturated heterocycles. The Labute approximate surface area is 206 Å². The average molecular weight is 504 g/mol. The molecule has 3 nitrogen and oxygen atoms in total. The third-order valence-electron chi connectivity index (χ3n) is 5.77. The van der Waals surface area contributed by atoms with Gasteiger partial charge in [0.25, 0.3) is 0 Å². The van der Waals surface area contributed by atoms with Gasteiger partial charge in [0.1, 0.15) is 5.75 Å². The number of hydrogen-bond donors (Lipinski definition) is 0. The second kappa shape index (κ2) is 11.2. The van der Waals surface area contributed by atoms with Gasteiger partial charge in [0.15, 0.2) is 23.7 Å². The molecule has 1 aliphatic rings. The van der Waals surface area contributed by atoms with Gasteiger partial charge in [-0.05, 0) is 29.2 Å². The van der Waals surface area contributed by atoms with E-state index in [1.165, 1.54) is 0 Å². The van der Waals surface area contributed by atoms with Crippen LogP contribution in [0.2, 0.25) is 0 Å². The van der Waals surface area contributed by atoms with Gasteiger partial charge in [-0.3, -0.25) is 0 Å². The average Bonchev–Trinajstić information content (AvgIpc) is 2.87. The normalized spacial score (nSPS) is 18.5. The van der Waals surface area contributed by atoms with Crippen molar-refractivity contribution < 1.29 is 36.2 Å². The minimum Gasteiger partial charge on any atom is -0.429 e. The summed E-state index contributed by atoms with van der Waals surface area (Å²) < 4.78 is 83.6. The van der Waals surface area contributed by atoms with Crippen LogP contribution in [0.3, 0.4) is 0 Å². The van der Waals surface area contributed by atoms with Crippen LogP contribution in [0.25, 0.3) is 17.2 Å². The fraction of sp³-hybridized carbons (Fsp3) is 0.286. The van der Waals surface area contributed by atoms with Crippen molar-refractivity contribution >= 4 is 6.08 Å². The van der Waals surface area contributed by atoms with E-state index in [-0.39, 0.29) is 6.29 Å². The molecule has 8 heteroatoms. The molecule has 0 spiro atoms. The van der Waals surface area contributed by atoms with E-state index in [2.05, 4.69) is 11.7 Å². The first-order valence-electron chi connectivity index (χ1n) is 11.6. The molecule has 0 radical (unpaired) electrons. The lowest BCUT2D eigenvalue weighted by Gasteiger charge is -2.29.